The van der Waals surface area contributed by atoms with Crippen molar-refractivity contribution >= 4 is 5.97 Å². The lowest BCUT2D eigenvalue weighted by Crippen LogP contribution is -2.32. The van der Waals surface area contributed by atoms with Crippen molar-refractivity contribution in [3.63, 3.8) is 0 Å². The van der Waals surface area contributed by atoms with Crippen LogP contribution in [0, 0.1) is 11.8 Å². The molecule has 0 aromatic carbocycles. The standard InChI is InChI=1S/C11H18O3/c1-3-4-8-7-9(11(13)14-2)5-6-10(8)12/h3,8-10,12H,1,4-7H2,2H3. The zero-order valence-corrected chi connectivity index (χ0v) is 8.61. The predicted molar refractivity (Wildman–Crippen MR) is 53.7 cm³/mol. The van der Waals surface area contributed by atoms with Crippen LogP contribution in [-0.4, -0.2) is 24.3 Å². The molecule has 0 aromatic heterocycles. The third kappa shape index (κ3) is 2.58. The molecule has 3 heteroatoms. The first-order valence-corrected chi connectivity index (χ1v) is 5.05. The number of esters is 1. The first-order chi connectivity index (χ1) is 6.69. The summed E-state index contributed by atoms with van der Waals surface area (Å²) in [4.78, 5) is 11.3. The Bertz CT molecular complexity index is 213. The summed E-state index contributed by atoms with van der Waals surface area (Å²) in [5, 5.41) is 9.67. The zero-order chi connectivity index (χ0) is 10.6. The Morgan fingerprint density at radius 3 is 2.93 bits per heavy atom. The van der Waals surface area contributed by atoms with Crippen LogP contribution in [0.1, 0.15) is 25.7 Å². The maximum absolute atomic E-state index is 11.3. The van der Waals surface area contributed by atoms with E-state index in [4.69, 9.17) is 4.74 Å². The first kappa shape index (κ1) is 11.2. The Morgan fingerprint density at radius 1 is 1.64 bits per heavy atom. The molecular weight excluding hydrogens is 180 g/mol. The third-order valence-electron chi connectivity index (χ3n) is 2.95. The van der Waals surface area contributed by atoms with Gasteiger partial charge in [-0.2, -0.15) is 0 Å². The molecule has 1 fully saturated rings. The van der Waals surface area contributed by atoms with Gasteiger partial charge < -0.3 is 9.84 Å². The maximum Gasteiger partial charge on any atom is 0.308 e. The number of carbonyl (C=O) groups is 1. The smallest absolute Gasteiger partial charge is 0.308 e. The average molecular weight is 198 g/mol. The Labute approximate surface area is 84.8 Å². The van der Waals surface area contributed by atoms with E-state index in [9.17, 15) is 9.90 Å². The molecule has 3 unspecified atom stereocenters. The van der Waals surface area contributed by atoms with Crippen molar-refractivity contribution in [3.05, 3.63) is 12.7 Å². The van der Waals surface area contributed by atoms with Gasteiger partial charge in [0.05, 0.1) is 19.1 Å². The van der Waals surface area contributed by atoms with Crippen LogP contribution in [0.15, 0.2) is 12.7 Å². The first-order valence-electron chi connectivity index (χ1n) is 5.05. The largest absolute Gasteiger partial charge is 0.469 e. The maximum atomic E-state index is 11.3. The minimum atomic E-state index is -0.283. The van der Waals surface area contributed by atoms with Crippen LogP contribution < -0.4 is 0 Å². The molecule has 1 aliphatic rings. The fraction of sp³-hybridized carbons (Fsp3) is 0.727. The monoisotopic (exact) mass is 198 g/mol. The van der Waals surface area contributed by atoms with Gasteiger partial charge in [-0.25, -0.2) is 0 Å². The fourth-order valence-corrected chi connectivity index (χ4v) is 2.10. The van der Waals surface area contributed by atoms with Gasteiger partial charge in [0.2, 0.25) is 0 Å². The summed E-state index contributed by atoms with van der Waals surface area (Å²) in [6, 6.07) is 0. The summed E-state index contributed by atoms with van der Waals surface area (Å²) in [6.07, 6.45) is 4.44. The van der Waals surface area contributed by atoms with Crippen molar-refractivity contribution in [2.75, 3.05) is 7.11 Å². The average Bonchev–Trinajstić information content (AvgIpc) is 2.20. The van der Waals surface area contributed by atoms with Crippen LogP contribution in [0.2, 0.25) is 0 Å². The summed E-state index contributed by atoms with van der Waals surface area (Å²) in [6.45, 7) is 3.65. The molecular formula is C11H18O3. The molecule has 0 saturated heterocycles. The Balaban J connectivity index is 2.52. The minimum absolute atomic E-state index is 0.0339. The van der Waals surface area contributed by atoms with Gasteiger partial charge in [-0.1, -0.05) is 6.08 Å². The number of ether oxygens (including phenoxy) is 1. The number of aliphatic hydroxyl groups excluding tert-OH is 1. The lowest BCUT2D eigenvalue weighted by Gasteiger charge is -2.31. The zero-order valence-electron chi connectivity index (χ0n) is 8.61. The molecule has 1 rings (SSSR count). The number of rotatable bonds is 3. The molecule has 0 aliphatic heterocycles. The minimum Gasteiger partial charge on any atom is -0.469 e. The normalized spacial score (nSPS) is 32.3. The summed E-state index contributed by atoms with van der Waals surface area (Å²) in [5.74, 6) is -0.00957. The van der Waals surface area contributed by atoms with E-state index in [0.29, 0.717) is 6.42 Å². The van der Waals surface area contributed by atoms with Gasteiger partial charge >= 0.3 is 5.97 Å². The van der Waals surface area contributed by atoms with Crippen molar-refractivity contribution in [2.24, 2.45) is 11.8 Å². The second kappa shape index (κ2) is 5.15. The molecule has 80 valence electrons. The molecule has 0 amide bonds. The number of aliphatic hydroxyl groups is 1. The molecule has 0 radical (unpaired) electrons. The van der Waals surface area contributed by atoms with Crippen molar-refractivity contribution in [3.8, 4) is 0 Å². The fourth-order valence-electron chi connectivity index (χ4n) is 2.10. The molecule has 1 N–H and O–H groups in total. The van der Waals surface area contributed by atoms with Gasteiger partial charge in [-0.05, 0) is 31.6 Å². The van der Waals surface area contributed by atoms with E-state index < -0.39 is 0 Å². The number of allylic oxidation sites excluding steroid dienone is 1. The molecule has 1 saturated carbocycles. The third-order valence-corrected chi connectivity index (χ3v) is 2.95. The van der Waals surface area contributed by atoms with E-state index in [2.05, 4.69) is 6.58 Å². The van der Waals surface area contributed by atoms with Crippen LogP contribution in [0.5, 0.6) is 0 Å². The summed E-state index contributed by atoms with van der Waals surface area (Å²) in [5.41, 5.74) is 0. The molecule has 0 spiro atoms. The highest BCUT2D eigenvalue weighted by Crippen LogP contribution is 2.32. The van der Waals surface area contributed by atoms with Crippen LogP contribution in [0.25, 0.3) is 0 Å². The van der Waals surface area contributed by atoms with Crippen LogP contribution in [0.3, 0.4) is 0 Å². The van der Waals surface area contributed by atoms with Gasteiger partial charge in [-0.3, -0.25) is 4.79 Å². The Hall–Kier alpha value is -0.830. The SMILES string of the molecule is C=CCC1CC(C(=O)OC)CCC1O. The summed E-state index contributed by atoms with van der Waals surface area (Å²) < 4.78 is 4.70. The summed E-state index contributed by atoms with van der Waals surface area (Å²) in [7, 11) is 1.41. The molecule has 0 heterocycles. The van der Waals surface area contributed by atoms with Crippen molar-refractivity contribution < 1.29 is 14.6 Å². The van der Waals surface area contributed by atoms with Gasteiger partial charge in [0.25, 0.3) is 0 Å². The van der Waals surface area contributed by atoms with E-state index in [0.717, 1.165) is 19.3 Å². The Morgan fingerprint density at radius 2 is 2.36 bits per heavy atom. The van der Waals surface area contributed by atoms with Crippen molar-refractivity contribution in [2.45, 2.75) is 31.8 Å². The molecule has 0 aromatic rings. The van der Waals surface area contributed by atoms with E-state index in [-0.39, 0.29) is 23.9 Å². The highest BCUT2D eigenvalue weighted by molar-refractivity contribution is 5.72. The predicted octanol–water partition coefficient (Wildman–Crippen LogP) is 1.51. The Kier molecular flexibility index (Phi) is 4.14. The molecule has 3 nitrogen and oxygen atoms in total. The van der Waals surface area contributed by atoms with Crippen LogP contribution >= 0.6 is 0 Å². The molecule has 0 bridgehead atoms. The second-order valence-corrected chi connectivity index (χ2v) is 3.88. The topological polar surface area (TPSA) is 46.5 Å². The van der Waals surface area contributed by atoms with Crippen molar-refractivity contribution in [1.29, 1.82) is 0 Å². The second-order valence-electron chi connectivity index (χ2n) is 3.88. The molecule has 14 heavy (non-hydrogen) atoms. The van der Waals surface area contributed by atoms with Crippen LogP contribution in [0.4, 0.5) is 0 Å². The number of methoxy groups -OCH3 is 1. The van der Waals surface area contributed by atoms with E-state index in [1.54, 1.807) is 6.08 Å². The van der Waals surface area contributed by atoms with Crippen LogP contribution in [-0.2, 0) is 9.53 Å². The van der Waals surface area contributed by atoms with Gasteiger partial charge in [0, 0.05) is 0 Å². The number of hydrogen-bond donors (Lipinski definition) is 1. The van der Waals surface area contributed by atoms with Crippen molar-refractivity contribution in [1.82, 2.24) is 0 Å². The van der Waals surface area contributed by atoms with Gasteiger partial charge in [0.15, 0.2) is 0 Å². The number of hydrogen-bond acceptors (Lipinski definition) is 3. The number of carbonyl (C=O) groups excluding carboxylic acids is 1. The lowest BCUT2D eigenvalue weighted by atomic mass is 9.78. The van der Waals surface area contributed by atoms with Gasteiger partial charge in [0.1, 0.15) is 0 Å². The van der Waals surface area contributed by atoms with Gasteiger partial charge in [-0.15, -0.1) is 6.58 Å². The summed E-state index contributed by atoms with van der Waals surface area (Å²) >= 11 is 0. The van der Waals surface area contributed by atoms with E-state index in [1.165, 1.54) is 7.11 Å². The quantitative estimate of drug-likeness (QED) is 0.552. The molecule has 3 atom stereocenters. The lowest BCUT2D eigenvalue weighted by molar-refractivity contribution is -0.148. The van der Waals surface area contributed by atoms with E-state index in [1.807, 2.05) is 0 Å². The van der Waals surface area contributed by atoms with E-state index >= 15 is 0 Å². The highest BCUT2D eigenvalue weighted by atomic mass is 16.5. The molecule has 1 aliphatic carbocycles. The highest BCUT2D eigenvalue weighted by Gasteiger charge is 2.32.